The van der Waals surface area contributed by atoms with Gasteiger partial charge in [0.1, 0.15) is 11.7 Å². The molecule has 0 aromatic carbocycles. The first-order valence-electron chi connectivity index (χ1n) is 9.25. The fourth-order valence-electron chi connectivity index (χ4n) is 2.60. The topological polar surface area (TPSA) is 51.7 Å². The number of nitrogens with zero attached hydrogens (tertiary/aromatic N) is 2. The van der Waals surface area contributed by atoms with Crippen LogP contribution in [0.4, 0.5) is 0 Å². The van der Waals surface area contributed by atoms with Gasteiger partial charge in [-0.3, -0.25) is 15.8 Å². The number of rotatable bonds is 13. The monoisotopic (exact) mass is 343 g/mol. The second kappa shape index (κ2) is 13.5. The van der Waals surface area contributed by atoms with E-state index in [9.17, 15) is 0 Å². The molecule has 6 heteroatoms. The number of unbranched alkanes of at least 4 members (excludes halogenated alkanes) is 9. The highest BCUT2D eigenvalue weighted by Crippen LogP contribution is 2.10. The summed E-state index contributed by atoms with van der Waals surface area (Å²) < 4.78 is 1.30. The predicted molar refractivity (Wildman–Crippen MR) is 99.9 cm³/mol. The fourth-order valence-corrected chi connectivity index (χ4v) is 2.77. The first-order valence-corrected chi connectivity index (χ1v) is 9.59. The molecule has 0 aromatic rings. The van der Waals surface area contributed by atoms with Crippen molar-refractivity contribution in [1.29, 1.82) is 0 Å². The molecule has 0 radical (unpaired) electrons. The third kappa shape index (κ3) is 10.4. The van der Waals surface area contributed by atoms with Crippen LogP contribution in [0.1, 0.15) is 78.1 Å². The van der Waals surface area contributed by atoms with Crippen LogP contribution in [0.2, 0.25) is 0 Å². The molecular formula is C17H34ClN5. The molecule has 0 fully saturated rings. The van der Waals surface area contributed by atoms with Gasteiger partial charge in [0.15, 0.2) is 0 Å². The maximum Gasteiger partial charge on any atom is 0.141 e. The zero-order valence-corrected chi connectivity index (χ0v) is 15.6. The smallest absolute Gasteiger partial charge is 0.141 e. The molecule has 0 spiro atoms. The third-order valence-corrected chi connectivity index (χ3v) is 4.04. The van der Waals surface area contributed by atoms with Gasteiger partial charge in [0, 0.05) is 30.9 Å². The van der Waals surface area contributed by atoms with Crippen LogP contribution in [0.15, 0.2) is 16.9 Å². The quantitative estimate of drug-likeness (QED) is 0.346. The van der Waals surface area contributed by atoms with Crippen molar-refractivity contribution in [1.82, 2.24) is 20.8 Å². The Bertz CT molecular complexity index is 357. The molecule has 1 aliphatic heterocycles. The van der Waals surface area contributed by atoms with Crippen molar-refractivity contribution in [2.45, 2.75) is 78.1 Å². The van der Waals surface area contributed by atoms with Crippen molar-refractivity contribution in [2.75, 3.05) is 13.1 Å². The van der Waals surface area contributed by atoms with E-state index in [2.05, 4.69) is 28.1 Å². The van der Waals surface area contributed by atoms with Gasteiger partial charge >= 0.3 is 0 Å². The Hall–Kier alpha value is -0.940. The van der Waals surface area contributed by atoms with Crippen molar-refractivity contribution in [3.63, 3.8) is 0 Å². The van der Waals surface area contributed by atoms with E-state index in [1.807, 2.05) is 13.0 Å². The van der Waals surface area contributed by atoms with Crippen molar-refractivity contribution in [2.24, 2.45) is 4.99 Å². The van der Waals surface area contributed by atoms with Crippen molar-refractivity contribution < 1.29 is 0 Å². The van der Waals surface area contributed by atoms with Crippen molar-refractivity contribution in [3.05, 3.63) is 11.9 Å². The molecular weight excluding hydrogens is 310 g/mol. The van der Waals surface area contributed by atoms with E-state index >= 15 is 0 Å². The average Bonchev–Trinajstić information content (AvgIpc) is 2.52. The van der Waals surface area contributed by atoms with E-state index in [4.69, 9.17) is 11.8 Å². The molecule has 23 heavy (non-hydrogen) atoms. The number of nitrogens with one attached hydrogen (secondary N) is 3. The first-order chi connectivity index (χ1) is 11.3. The standard InChI is InChI=1S/C17H34ClN5/c1-3-5-6-7-8-9-10-11-12-13-14-20-17-15-16(19-4-2)21-23(18)22-17/h15,19,21H,3-14H2,1-2H3,(H,20,22). The summed E-state index contributed by atoms with van der Waals surface area (Å²) in [5.41, 5.74) is 5.91. The Labute approximate surface area is 147 Å². The molecule has 1 aliphatic rings. The zero-order chi connectivity index (χ0) is 16.8. The van der Waals surface area contributed by atoms with E-state index in [-0.39, 0.29) is 0 Å². The van der Waals surface area contributed by atoms with Gasteiger partial charge in [-0.05, 0) is 18.0 Å². The summed E-state index contributed by atoms with van der Waals surface area (Å²) in [7, 11) is 0. The molecule has 0 aromatic heterocycles. The highest BCUT2D eigenvalue weighted by molar-refractivity contribution is 6.14. The van der Waals surface area contributed by atoms with Gasteiger partial charge in [-0.1, -0.05) is 64.7 Å². The molecule has 3 N–H and O–H groups in total. The molecule has 134 valence electrons. The summed E-state index contributed by atoms with van der Waals surface area (Å²) >= 11 is 5.93. The van der Waals surface area contributed by atoms with Crippen LogP contribution < -0.4 is 16.2 Å². The lowest BCUT2D eigenvalue weighted by Crippen LogP contribution is -2.50. The van der Waals surface area contributed by atoms with E-state index in [0.29, 0.717) is 0 Å². The number of halogens is 1. The van der Waals surface area contributed by atoms with Crippen LogP contribution in [0, 0.1) is 0 Å². The molecule has 1 rings (SSSR count). The van der Waals surface area contributed by atoms with Gasteiger partial charge in [0.25, 0.3) is 0 Å². The Kier molecular flexibility index (Phi) is 11.8. The Balaban J connectivity index is 2.04. The summed E-state index contributed by atoms with van der Waals surface area (Å²) in [5.74, 6) is 1.66. The second-order valence-electron chi connectivity index (χ2n) is 6.04. The third-order valence-electron chi connectivity index (χ3n) is 3.87. The molecule has 0 amide bonds. The van der Waals surface area contributed by atoms with Crippen LogP contribution >= 0.6 is 11.8 Å². The van der Waals surface area contributed by atoms with Crippen LogP contribution in [-0.4, -0.2) is 23.6 Å². The minimum atomic E-state index is 0.797. The summed E-state index contributed by atoms with van der Waals surface area (Å²) in [5, 5.41) is 3.19. The molecule has 0 saturated carbocycles. The molecule has 1 heterocycles. The SMILES string of the molecule is CCCCCCCCCCCCN=C1C=C(NCC)NN(Cl)N1. The van der Waals surface area contributed by atoms with E-state index in [1.165, 1.54) is 62.4 Å². The molecule has 0 aliphatic carbocycles. The molecule has 0 bridgehead atoms. The van der Waals surface area contributed by atoms with Crippen molar-refractivity contribution in [3.8, 4) is 0 Å². The van der Waals surface area contributed by atoms with E-state index < -0.39 is 0 Å². The Morgan fingerprint density at radius 1 is 0.957 bits per heavy atom. The van der Waals surface area contributed by atoms with Crippen LogP contribution in [0.5, 0.6) is 0 Å². The maximum absolute atomic E-state index is 5.93. The lowest BCUT2D eigenvalue weighted by molar-refractivity contribution is 0.315. The minimum absolute atomic E-state index is 0.797. The molecule has 0 saturated heterocycles. The van der Waals surface area contributed by atoms with E-state index in [0.717, 1.165) is 31.2 Å². The largest absolute Gasteiger partial charge is 0.371 e. The van der Waals surface area contributed by atoms with Gasteiger partial charge in [-0.25, -0.2) is 0 Å². The van der Waals surface area contributed by atoms with Gasteiger partial charge in [-0.2, -0.15) is 0 Å². The predicted octanol–water partition coefficient (Wildman–Crippen LogP) is 4.24. The van der Waals surface area contributed by atoms with Crippen molar-refractivity contribution >= 4 is 17.6 Å². The summed E-state index contributed by atoms with van der Waals surface area (Å²) in [6.07, 6.45) is 15.4. The fraction of sp³-hybridized carbons (Fsp3) is 0.824. The van der Waals surface area contributed by atoms with Gasteiger partial charge in [0.05, 0.1) is 0 Å². The lowest BCUT2D eigenvalue weighted by Gasteiger charge is -2.25. The highest BCUT2D eigenvalue weighted by Gasteiger charge is 2.11. The average molecular weight is 344 g/mol. The van der Waals surface area contributed by atoms with Crippen LogP contribution in [-0.2, 0) is 0 Å². The summed E-state index contributed by atoms with van der Waals surface area (Å²) in [6, 6.07) is 0. The number of hydrazine groups is 2. The Morgan fingerprint density at radius 3 is 2.17 bits per heavy atom. The second-order valence-corrected chi connectivity index (χ2v) is 6.38. The van der Waals surface area contributed by atoms with Crippen LogP contribution in [0.3, 0.4) is 0 Å². The molecule has 0 atom stereocenters. The Morgan fingerprint density at radius 2 is 1.57 bits per heavy atom. The number of aliphatic imine (C=N–C) groups is 1. The number of amidine groups is 1. The lowest BCUT2D eigenvalue weighted by atomic mass is 10.1. The summed E-state index contributed by atoms with van der Waals surface area (Å²) in [6.45, 7) is 6.00. The number of hydrogen-bond donors (Lipinski definition) is 3. The molecule has 5 nitrogen and oxygen atoms in total. The minimum Gasteiger partial charge on any atom is -0.371 e. The highest BCUT2D eigenvalue weighted by atomic mass is 35.5. The molecule has 0 unspecified atom stereocenters. The van der Waals surface area contributed by atoms with Gasteiger partial charge < -0.3 is 5.32 Å². The summed E-state index contributed by atoms with van der Waals surface area (Å²) in [4.78, 5) is 4.56. The zero-order valence-electron chi connectivity index (χ0n) is 14.8. The van der Waals surface area contributed by atoms with Gasteiger partial charge in [-0.15, -0.1) is 0 Å². The van der Waals surface area contributed by atoms with Gasteiger partial charge in [0.2, 0.25) is 0 Å². The normalized spacial score (nSPS) is 16.8. The van der Waals surface area contributed by atoms with E-state index in [1.54, 1.807) is 0 Å². The number of hydrogen-bond acceptors (Lipinski definition) is 4. The maximum atomic E-state index is 5.93. The van der Waals surface area contributed by atoms with Crippen LogP contribution in [0.25, 0.3) is 0 Å². The first kappa shape index (κ1) is 20.1.